The van der Waals surface area contributed by atoms with Gasteiger partial charge >= 0.3 is 11.9 Å². The number of sulfonamides is 1. The third kappa shape index (κ3) is 6.73. The van der Waals surface area contributed by atoms with Gasteiger partial charge in [0.2, 0.25) is 10.0 Å². The molecule has 0 radical (unpaired) electrons. The van der Waals surface area contributed by atoms with Crippen LogP contribution in [0.4, 0.5) is 10.1 Å². The summed E-state index contributed by atoms with van der Waals surface area (Å²) in [4.78, 5) is 24.7. The summed E-state index contributed by atoms with van der Waals surface area (Å²) in [5.74, 6) is -1.35. The molecule has 1 atom stereocenters. The van der Waals surface area contributed by atoms with Crippen molar-refractivity contribution in [3.63, 3.8) is 0 Å². The Morgan fingerprint density at radius 1 is 1.18 bits per heavy atom. The van der Waals surface area contributed by atoms with Crippen LogP contribution in [0.15, 0.2) is 42.0 Å². The Morgan fingerprint density at radius 3 is 2.47 bits per heavy atom. The minimum absolute atomic E-state index is 0.0351. The summed E-state index contributed by atoms with van der Waals surface area (Å²) in [6, 6.07) is 6.92. The van der Waals surface area contributed by atoms with Crippen molar-refractivity contribution in [3.8, 4) is 5.75 Å². The van der Waals surface area contributed by atoms with Crippen molar-refractivity contribution in [2.75, 3.05) is 24.5 Å². The maximum absolute atomic E-state index is 14.1. The quantitative estimate of drug-likeness (QED) is 0.331. The summed E-state index contributed by atoms with van der Waals surface area (Å²) < 4.78 is 53.9. The van der Waals surface area contributed by atoms with E-state index in [2.05, 4.69) is 5.32 Å². The average molecular weight is 567 g/mol. The van der Waals surface area contributed by atoms with Crippen LogP contribution in [-0.2, 0) is 30.9 Å². The van der Waals surface area contributed by atoms with Crippen LogP contribution < -0.4 is 14.4 Å². The highest BCUT2D eigenvalue weighted by molar-refractivity contribution is 7.93. The highest BCUT2D eigenvalue weighted by atomic mass is 35.5. The number of nitrogens with zero attached hydrogens (tertiary/aromatic N) is 1. The number of likely N-dealkylation sites (N-methyl/N-ethyl adjacent to an activating group) is 1. The third-order valence-corrected chi connectivity index (χ3v) is 8.57. The van der Waals surface area contributed by atoms with Crippen LogP contribution in [0.25, 0.3) is 0 Å². The first-order valence-electron chi connectivity index (χ1n) is 12.3. The molecule has 0 spiro atoms. The second kappa shape index (κ2) is 12.7. The van der Waals surface area contributed by atoms with Crippen molar-refractivity contribution in [3.05, 3.63) is 69.5 Å². The Balaban J connectivity index is 2.07. The summed E-state index contributed by atoms with van der Waals surface area (Å²) in [5.41, 5.74) is 2.03. The number of nitrogens with one attached hydrogen (secondary N) is 1. The molecule has 0 saturated carbocycles. The van der Waals surface area contributed by atoms with Gasteiger partial charge in [0.15, 0.2) is 0 Å². The van der Waals surface area contributed by atoms with Gasteiger partial charge in [0.1, 0.15) is 16.8 Å². The lowest BCUT2D eigenvalue weighted by Crippen LogP contribution is -2.42. The summed E-state index contributed by atoms with van der Waals surface area (Å²) >= 11 is 6.34. The first-order valence-corrected chi connectivity index (χ1v) is 14.2. The molecule has 0 amide bonds. The van der Waals surface area contributed by atoms with Gasteiger partial charge in [-0.2, -0.15) is 0 Å². The van der Waals surface area contributed by atoms with Crippen molar-refractivity contribution >= 4 is 39.3 Å². The number of rotatable bonds is 10. The first-order chi connectivity index (χ1) is 18.0. The molecule has 3 rings (SSSR count). The zero-order chi connectivity index (χ0) is 28.0. The number of hydrogen-bond acceptors (Lipinski definition) is 7. The van der Waals surface area contributed by atoms with E-state index in [0.29, 0.717) is 35.3 Å². The average Bonchev–Trinajstić information content (AvgIpc) is 2.85. The van der Waals surface area contributed by atoms with Gasteiger partial charge < -0.3 is 14.8 Å². The molecule has 11 heteroatoms. The van der Waals surface area contributed by atoms with Crippen molar-refractivity contribution in [1.82, 2.24) is 5.32 Å². The second-order valence-electron chi connectivity index (χ2n) is 9.01. The normalized spacial score (nSPS) is 15.5. The maximum atomic E-state index is 14.1. The highest BCUT2D eigenvalue weighted by Crippen LogP contribution is 2.36. The summed E-state index contributed by atoms with van der Waals surface area (Å²) in [6.45, 7) is 5.16. The SMILES string of the molecule is CCOC(=O)C1=CCCCC1S(=O)(=O)N(Cc1cc(C)c(OC(=O)CNC)c(C)c1)c1ccc(F)cc1Cl. The van der Waals surface area contributed by atoms with Crippen LogP contribution in [0.5, 0.6) is 5.75 Å². The lowest BCUT2D eigenvalue weighted by molar-refractivity contribution is -0.138. The molecule has 1 aliphatic carbocycles. The van der Waals surface area contributed by atoms with E-state index in [9.17, 15) is 22.4 Å². The van der Waals surface area contributed by atoms with Crippen LogP contribution >= 0.6 is 11.6 Å². The zero-order valence-electron chi connectivity index (χ0n) is 21.8. The number of carbonyl (C=O) groups excluding carboxylic acids is 2. The van der Waals surface area contributed by atoms with E-state index >= 15 is 0 Å². The summed E-state index contributed by atoms with van der Waals surface area (Å²) in [6.07, 6.45) is 2.96. The molecule has 2 aromatic carbocycles. The minimum atomic E-state index is -4.22. The van der Waals surface area contributed by atoms with Crippen molar-refractivity contribution in [2.24, 2.45) is 0 Å². The molecule has 0 aliphatic heterocycles. The van der Waals surface area contributed by atoms with Gasteiger partial charge in [0, 0.05) is 0 Å². The van der Waals surface area contributed by atoms with Gasteiger partial charge in [-0.25, -0.2) is 17.6 Å². The molecule has 0 bridgehead atoms. The number of allylic oxidation sites excluding steroid dienone is 1. The van der Waals surface area contributed by atoms with Gasteiger partial charge in [-0.05, 0) is 82.0 Å². The molecule has 1 aliphatic rings. The van der Waals surface area contributed by atoms with E-state index in [1.54, 1.807) is 46.0 Å². The first kappa shape index (κ1) is 29.6. The number of aryl methyl sites for hydroxylation is 2. The molecular formula is C27H32ClFN2O6S. The van der Waals surface area contributed by atoms with Crippen molar-refractivity contribution in [2.45, 2.75) is 51.8 Å². The smallest absolute Gasteiger partial charge is 0.335 e. The largest absolute Gasteiger partial charge is 0.463 e. The molecule has 206 valence electrons. The van der Waals surface area contributed by atoms with Gasteiger partial charge in [0.25, 0.3) is 0 Å². The molecule has 1 N–H and O–H groups in total. The Kier molecular flexibility index (Phi) is 9.92. The molecule has 8 nitrogen and oxygen atoms in total. The molecular weight excluding hydrogens is 535 g/mol. The molecule has 0 fully saturated rings. The standard InChI is InChI=1S/C27H32ClFN2O6S/c1-5-36-27(33)21-8-6-7-9-24(21)38(34,35)31(23-11-10-20(29)14-22(23)28)16-19-12-17(2)26(18(3)13-19)37-25(32)15-30-4/h8,10-14,24,30H,5-7,9,15-16H2,1-4H3. The van der Waals surface area contributed by atoms with E-state index < -0.39 is 33.0 Å². The molecule has 0 heterocycles. The number of esters is 2. The fraction of sp³-hybridized carbons (Fsp3) is 0.407. The number of ether oxygens (including phenoxy) is 2. The van der Waals surface area contributed by atoms with Gasteiger partial charge in [-0.15, -0.1) is 0 Å². The van der Waals surface area contributed by atoms with E-state index in [1.807, 2.05) is 0 Å². The number of benzene rings is 2. The topological polar surface area (TPSA) is 102 Å². The van der Waals surface area contributed by atoms with Crippen LogP contribution in [0.1, 0.15) is 42.9 Å². The van der Waals surface area contributed by atoms with E-state index in [1.165, 1.54) is 6.07 Å². The van der Waals surface area contributed by atoms with E-state index in [0.717, 1.165) is 16.4 Å². The molecule has 2 aromatic rings. The summed E-state index contributed by atoms with van der Waals surface area (Å²) in [5, 5.41) is 1.50. The fourth-order valence-corrected chi connectivity index (χ4v) is 6.85. The lowest BCUT2D eigenvalue weighted by Gasteiger charge is -2.32. The van der Waals surface area contributed by atoms with Crippen LogP contribution in [-0.4, -0.2) is 45.8 Å². The second-order valence-corrected chi connectivity index (χ2v) is 11.5. The lowest BCUT2D eigenvalue weighted by atomic mass is 9.99. The Bertz CT molecular complexity index is 1320. The molecule has 1 unspecified atom stereocenters. The molecule has 0 aromatic heterocycles. The van der Waals surface area contributed by atoms with Gasteiger partial charge in [-0.3, -0.25) is 9.10 Å². The van der Waals surface area contributed by atoms with Gasteiger partial charge in [0.05, 0.1) is 36.0 Å². The zero-order valence-corrected chi connectivity index (χ0v) is 23.4. The Morgan fingerprint density at radius 2 is 1.87 bits per heavy atom. The van der Waals surface area contributed by atoms with Crippen molar-refractivity contribution in [1.29, 1.82) is 0 Å². The number of halogens is 2. The predicted octanol–water partition coefficient (Wildman–Crippen LogP) is 4.60. The Labute approximate surface area is 227 Å². The summed E-state index contributed by atoms with van der Waals surface area (Å²) in [7, 11) is -2.59. The maximum Gasteiger partial charge on any atom is 0.335 e. The third-order valence-electron chi connectivity index (χ3n) is 6.12. The number of carbonyl (C=O) groups is 2. The fourth-order valence-electron chi connectivity index (χ4n) is 4.49. The highest BCUT2D eigenvalue weighted by Gasteiger charge is 2.40. The number of anilines is 1. The Hall–Kier alpha value is -2.95. The van der Waals surface area contributed by atoms with Crippen LogP contribution in [0.2, 0.25) is 5.02 Å². The van der Waals surface area contributed by atoms with Crippen LogP contribution in [0.3, 0.4) is 0 Å². The molecule has 0 saturated heterocycles. The van der Waals surface area contributed by atoms with E-state index in [-0.39, 0.29) is 42.4 Å². The molecule has 38 heavy (non-hydrogen) atoms. The monoisotopic (exact) mass is 566 g/mol. The van der Waals surface area contributed by atoms with Crippen molar-refractivity contribution < 1.29 is 31.9 Å². The van der Waals surface area contributed by atoms with E-state index in [4.69, 9.17) is 21.1 Å². The number of hydrogen-bond donors (Lipinski definition) is 1. The van der Waals surface area contributed by atoms with Crippen LogP contribution in [0, 0.1) is 19.7 Å². The minimum Gasteiger partial charge on any atom is -0.463 e. The van der Waals surface area contributed by atoms with Gasteiger partial charge in [-0.1, -0.05) is 29.8 Å². The predicted molar refractivity (Wildman–Crippen MR) is 144 cm³/mol.